The summed E-state index contributed by atoms with van der Waals surface area (Å²) in [5.41, 5.74) is -0.415. The van der Waals surface area contributed by atoms with Gasteiger partial charge in [-0.3, -0.25) is 4.79 Å². The minimum absolute atomic E-state index is 0.145. The molecule has 0 fully saturated rings. The van der Waals surface area contributed by atoms with Crippen LogP contribution in [0.4, 0.5) is 0 Å². The van der Waals surface area contributed by atoms with Gasteiger partial charge in [0.2, 0.25) is 0 Å². The van der Waals surface area contributed by atoms with Gasteiger partial charge in [0, 0.05) is 18.8 Å². The highest BCUT2D eigenvalue weighted by Gasteiger charge is 2.29. The molecule has 0 aromatic rings. The Morgan fingerprint density at radius 1 is 1.50 bits per heavy atom. The maximum atomic E-state index is 11.4. The second-order valence-corrected chi connectivity index (χ2v) is 5.09. The summed E-state index contributed by atoms with van der Waals surface area (Å²) in [5.74, 6) is 0.946. The fraction of sp³-hybridized carbons (Fsp3) is 0.900. The molecule has 0 aromatic carbocycles. The van der Waals surface area contributed by atoms with Crippen LogP contribution in [0.3, 0.4) is 0 Å². The van der Waals surface area contributed by atoms with E-state index in [-0.39, 0.29) is 5.97 Å². The maximum absolute atomic E-state index is 11.4. The summed E-state index contributed by atoms with van der Waals surface area (Å²) in [7, 11) is 3.47. The first-order valence-corrected chi connectivity index (χ1v) is 6.09. The quantitative estimate of drug-likeness (QED) is 0.633. The third-order valence-corrected chi connectivity index (χ3v) is 2.67. The van der Waals surface area contributed by atoms with Crippen LogP contribution >= 0.6 is 11.8 Å². The summed E-state index contributed by atoms with van der Waals surface area (Å²) < 4.78 is 4.75. The Morgan fingerprint density at radius 2 is 2.07 bits per heavy atom. The van der Waals surface area contributed by atoms with E-state index in [0.717, 1.165) is 18.8 Å². The summed E-state index contributed by atoms with van der Waals surface area (Å²) in [6, 6.07) is 0. The first-order valence-electron chi connectivity index (χ1n) is 4.70. The summed E-state index contributed by atoms with van der Waals surface area (Å²) in [4.78, 5) is 13.5. The Bertz CT molecular complexity index is 183. The smallest absolute Gasteiger partial charge is 0.312 e. The Labute approximate surface area is 91.2 Å². The fourth-order valence-corrected chi connectivity index (χ4v) is 1.84. The lowest BCUT2D eigenvalue weighted by atomic mass is 9.93. The monoisotopic (exact) mass is 219 g/mol. The molecule has 0 radical (unpaired) electrons. The van der Waals surface area contributed by atoms with Crippen molar-refractivity contribution < 1.29 is 9.53 Å². The predicted molar refractivity (Wildman–Crippen MR) is 61.7 cm³/mol. The van der Waals surface area contributed by atoms with Crippen molar-refractivity contribution in [2.24, 2.45) is 5.41 Å². The molecular formula is C10H21NO2S. The van der Waals surface area contributed by atoms with Crippen LogP contribution in [0.15, 0.2) is 0 Å². The number of methoxy groups -OCH3 is 1. The number of rotatable bonds is 6. The third kappa shape index (κ3) is 4.86. The van der Waals surface area contributed by atoms with Crippen LogP contribution < -0.4 is 0 Å². The van der Waals surface area contributed by atoms with Crippen LogP contribution in [0.1, 0.15) is 13.8 Å². The average molecular weight is 219 g/mol. The molecule has 84 valence electrons. The number of carbonyl (C=O) groups excluding carboxylic acids is 1. The zero-order valence-corrected chi connectivity index (χ0v) is 10.6. The lowest BCUT2D eigenvalue weighted by molar-refractivity contribution is -0.151. The molecule has 0 aliphatic carbocycles. The zero-order valence-electron chi connectivity index (χ0n) is 9.79. The second kappa shape index (κ2) is 6.30. The van der Waals surface area contributed by atoms with E-state index in [1.165, 1.54) is 7.11 Å². The number of thioether (sulfide) groups is 1. The van der Waals surface area contributed by atoms with Crippen molar-refractivity contribution in [2.45, 2.75) is 13.8 Å². The highest BCUT2D eigenvalue weighted by Crippen LogP contribution is 2.18. The molecule has 0 saturated heterocycles. The standard InChI is InChI=1S/C10H21NO2S/c1-10(2,9(12)13-4)8-11(3)6-7-14-5/h6-8H2,1-5H3. The lowest BCUT2D eigenvalue weighted by Gasteiger charge is -2.27. The summed E-state index contributed by atoms with van der Waals surface area (Å²) in [6.07, 6.45) is 2.08. The van der Waals surface area contributed by atoms with Crippen LogP contribution in [0.5, 0.6) is 0 Å². The number of ether oxygens (including phenoxy) is 1. The van der Waals surface area contributed by atoms with Gasteiger partial charge < -0.3 is 9.64 Å². The molecule has 0 bridgehead atoms. The number of nitrogens with zero attached hydrogens (tertiary/aromatic N) is 1. The molecule has 0 atom stereocenters. The van der Waals surface area contributed by atoms with E-state index in [9.17, 15) is 4.79 Å². The Morgan fingerprint density at radius 3 is 2.50 bits per heavy atom. The van der Waals surface area contributed by atoms with Crippen LogP contribution in [0, 0.1) is 5.41 Å². The molecule has 14 heavy (non-hydrogen) atoms. The largest absolute Gasteiger partial charge is 0.469 e. The van der Waals surface area contributed by atoms with Gasteiger partial charge in [-0.1, -0.05) is 0 Å². The SMILES string of the molecule is COC(=O)C(C)(C)CN(C)CCSC. The number of hydrogen-bond acceptors (Lipinski definition) is 4. The van der Waals surface area contributed by atoms with Crippen molar-refractivity contribution in [3.05, 3.63) is 0 Å². The third-order valence-electron chi connectivity index (χ3n) is 2.08. The average Bonchev–Trinajstić information content (AvgIpc) is 2.12. The molecule has 0 amide bonds. The van der Waals surface area contributed by atoms with Crippen molar-refractivity contribution in [3.8, 4) is 0 Å². The molecule has 3 nitrogen and oxygen atoms in total. The molecule has 0 N–H and O–H groups in total. The van der Waals surface area contributed by atoms with Gasteiger partial charge >= 0.3 is 5.97 Å². The van der Waals surface area contributed by atoms with Gasteiger partial charge in [-0.25, -0.2) is 0 Å². The van der Waals surface area contributed by atoms with Crippen molar-refractivity contribution in [2.75, 3.05) is 39.3 Å². The molecule has 0 spiro atoms. The van der Waals surface area contributed by atoms with E-state index < -0.39 is 5.41 Å². The van der Waals surface area contributed by atoms with Crippen molar-refractivity contribution in [1.29, 1.82) is 0 Å². The Kier molecular flexibility index (Phi) is 6.20. The van der Waals surface area contributed by atoms with E-state index in [1.54, 1.807) is 0 Å². The normalized spacial score (nSPS) is 11.9. The van der Waals surface area contributed by atoms with Crippen LogP contribution in [0.2, 0.25) is 0 Å². The van der Waals surface area contributed by atoms with Gasteiger partial charge in [-0.15, -0.1) is 0 Å². The number of carbonyl (C=O) groups is 1. The van der Waals surface area contributed by atoms with Crippen molar-refractivity contribution >= 4 is 17.7 Å². The summed E-state index contributed by atoms with van der Waals surface area (Å²) in [6.45, 7) is 5.56. The van der Waals surface area contributed by atoms with Gasteiger partial charge in [0.1, 0.15) is 0 Å². The lowest BCUT2D eigenvalue weighted by Crippen LogP contribution is -2.38. The number of esters is 1. The van der Waals surface area contributed by atoms with Crippen LogP contribution in [0.25, 0.3) is 0 Å². The van der Waals surface area contributed by atoms with Gasteiger partial charge in [0.05, 0.1) is 12.5 Å². The van der Waals surface area contributed by atoms with Crippen molar-refractivity contribution in [3.63, 3.8) is 0 Å². The van der Waals surface area contributed by atoms with E-state index in [1.807, 2.05) is 32.7 Å². The van der Waals surface area contributed by atoms with Crippen molar-refractivity contribution in [1.82, 2.24) is 4.90 Å². The van der Waals surface area contributed by atoms with Gasteiger partial charge in [-0.05, 0) is 27.2 Å². The molecular weight excluding hydrogens is 198 g/mol. The summed E-state index contributed by atoms with van der Waals surface area (Å²) in [5, 5.41) is 0. The molecule has 0 aliphatic rings. The maximum Gasteiger partial charge on any atom is 0.312 e. The van der Waals surface area contributed by atoms with E-state index in [4.69, 9.17) is 4.74 Å². The first kappa shape index (κ1) is 13.8. The second-order valence-electron chi connectivity index (χ2n) is 4.11. The molecule has 0 unspecified atom stereocenters. The molecule has 0 aliphatic heterocycles. The number of hydrogen-bond donors (Lipinski definition) is 0. The highest BCUT2D eigenvalue weighted by molar-refractivity contribution is 7.98. The minimum atomic E-state index is -0.415. The highest BCUT2D eigenvalue weighted by atomic mass is 32.2. The van der Waals surface area contributed by atoms with Gasteiger partial charge in [0.15, 0.2) is 0 Å². The van der Waals surface area contributed by atoms with Gasteiger partial charge in [-0.2, -0.15) is 11.8 Å². The molecule has 0 saturated carbocycles. The van der Waals surface area contributed by atoms with E-state index >= 15 is 0 Å². The molecule has 0 aromatic heterocycles. The minimum Gasteiger partial charge on any atom is -0.469 e. The van der Waals surface area contributed by atoms with Crippen LogP contribution in [-0.2, 0) is 9.53 Å². The zero-order chi connectivity index (χ0) is 11.2. The van der Waals surface area contributed by atoms with E-state index in [0.29, 0.717) is 0 Å². The van der Waals surface area contributed by atoms with Gasteiger partial charge in [0.25, 0.3) is 0 Å². The molecule has 0 rings (SSSR count). The van der Waals surface area contributed by atoms with E-state index in [2.05, 4.69) is 11.2 Å². The summed E-state index contributed by atoms with van der Waals surface area (Å²) >= 11 is 1.81. The molecule has 4 heteroatoms. The fourth-order valence-electron chi connectivity index (χ4n) is 1.34. The predicted octanol–water partition coefficient (Wildman–Crippen LogP) is 1.48. The topological polar surface area (TPSA) is 29.5 Å². The Balaban J connectivity index is 4.01. The van der Waals surface area contributed by atoms with Crippen LogP contribution in [-0.4, -0.2) is 50.1 Å². The molecule has 0 heterocycles. The Hall–Kier alpha value is -0.220. The first-order chi connectivity index (χ1) is 6.44.